The quantitative estimate of drug-likeness (QED) is 0.806. The van der Waals surface area contributed by atoms with Crippen molar-refractivity contribution >= 4 is 17.5 Å². The molecule has 2 aliphatic heterocycles. The Kier molecular flexibility index (Phi) is 3.92. The summed E-state index contributed by atoms with van der Waals surface area (Å²) in [4.78, 5) is 30.3. The van der Waals surface area contributed by atoms with Crippen LogP contribution in [0.2, 0.25) is 0 Å². The van der Waals surface area contributed by atoms with Crippen molar-refractivity contribution in [3.8, 4) is 0 Å². The number of benzene rings is 1. The third kappa shape index (κ3) is 2.93. The van der Waals surface area contributed by atoms with Gasteiger partial charge in [-0.25, -0.2) is 0 Å². The summed E-state index contributed by atoms with van der Waals surface area (Å²) >= 11 is 0. The van der Waals surface area contributed by atoms with Crippen LogP contribution in [-0.2, 0) is 16.0 Å². The Balaban J connectivity index is 1.72. The number of piperazine rings is 1. The summed E-state index contributed by atoms with van der Waals surface area (Å²) in [6.45, 7) is 3.46. The second-order valence-electron chi connectivity index (χ2n) is 5.79. The Hall–Kier alpha value is -1.88. The molecule has 0 aromatic heterocycles. The zero-order valence-corrected chi connectivity index (χ0v) is 12.4. The van der Waals surface area contributed by atoms with Crippen LogP contribution in [0, 0.1) is 0 Å². The molecular formula is C16H21N3O2. The summed E-state index contributed by atoms with van der Waals surface area (Å²) in [6.07, 6.45) is 1.27. The molecule has 112 valence electrons. The molecule has 2 heterocycles. The molecule has 0 atom stereocenters. The molecule has 2 aliphatic rings. The highest BCUT2D eigenvalue weighted by Crippen LogP contribution is 2.27. The lowest BCUT2D eigenvalue weighted by molar-refractivity contribution is -0.132. The van der Waals surface area contributed by atoms with E-state index >= 15 is 0 Å². The van der Waals surface area contributed by atoms with Crippen LogP contribution in [0.4, 0.5) is 5.69 Å². The number of likely N-dealkylation sites (N-methyl/N-ethyl adjacent to an activating group) is 1. The first-order valence-corrected chi connectivity index (χ1v) is 7.50. The van der Waals surface area contributed by atoms with Gasteiger partial charge >= 0.3 is 0 Å². The van der Waals surface area contributed by atoms with Crippen LogP contribution >= 0.6 is 0 Å². The molecule has 0 N–H and O–H groups in total. The predicted octanol–water partition coefficient (Wildman–Crippen LogP) is 0.740. The smallest absolute Gasteiger partial charge is 0.242 e. The second kappa shape index (κ2) is 5.85. The molecular weight excluding hydrogens is 266 g/mol. The zero-order chi connectivity index (χ0) is 14.8. The lowest BCUT2D eigenvalue weighted by Gasteiger charge is -2.35. The van der Waals surface area contributed by atoms with Crippen LogP contribution in [0.25, 0.3) is 0 Å². The van der Waals surface area contributed by atoms with Crippen LogP contribution in [-0.4, -0.2) is 61.4 Å². The van der Waals surface area contributed by atoms with Gasteiger partial charge in [0.1, 0.15) is 6.54 Å². The van der Waals surface area contributed by atoms with Crippen molar-refractivity contribution in [1.82, 2.24) is 9.80 Å². The van der Waals surface area contributed by atoms with Crippen LogP contribution in [0.3, 0.4) is 0 Å². The van der Waals surface area contributed by atoms with Gasteiger partial charge < -0.3 is 14.7 Å². The van der Waals surface area contributed by atoms with Crippen LogP contribution in [0.1, 0.15) is 12.0 Å². The van der Waals surface area contributed by atoms with Crippen molar-refractivity contribution in [2.45, 2.75) is 12.8 Å². The van der Waals surface area contributed by atoms with E-state index in [4.69, 9.17) is 0 Å². The summed E-state index contributed by atoms with van der Waals surface area (Å²) in [5, 5.41) is 0. The van der Waals surface area contributed by atoms with E-state index in [0.29, 0.717) is 6.42 Å². The Morgan fingerprint density at radius 2 is 1.81 bits per heavy atom. The lowest BCUT2D eigenvalue weighted by Crippen LogP contribution is -2.51. The van der Waals surface area contributed by atoms with Gasteiger partial charge in [-0.1, -0.05) is 18.2 Å². The summed E-state index contributed by atoms with van der Waals surface area (Å²) in [6, 6.07) is 7.87. The molecule has 0 aliphatic carbocycles. The Labute approximate surface area is 125 Å². The number of hydrogen-bond donors (Lipinski definition) is 0. The standard InChI is InChI=1S/C16H21N3O2/c1-17-8-10-18(11-9-17)16(21)12-19-14-5-3-2-4-13(14)6-7-15(19)20/h2-5H,6-12H2,1H3. The topological polar surface area (TPSA) is 43.9 Å². The fourth-order valence-corrected chi connectivity index (χ4v) is 2.96. The SMILES string of the molecule is CN1CCN(C(=O)CN2C(=O)CCc3ccccc32)CC1. The molecule has 1 fully saturated rings. The van der Waals surface area contributed by atoms with Crippen LogP contribution < -0.4 is 4.90 Å². The van der Waals surface area contributed by atoms with Crippen LogP contribution in [0.5, 0.6) is 0 Å². The monoisotopic (exact) mass is 287 g/mol. The number of para-hydroxylation sites is 1. The first kappa shape index (κ1) is 14.1. The number of carbonyl (C=O) groups excluding carboxylic acids is 2. The summed E-state index contributed by atoms with van der Waals surface area (Å²) in [5.41, 5.74) is 2.06. The molecule has 3 rings (SSSR count). The highest BCUT2D eigenvalue weighted by molar-refractivity contribution is 6.01. The second-order valence-corrected chi connectivity index (χ2v) is 5.79. The first-order chi connectivity index (χ1) is 10.1. The van der Waals surface area contributed by atoms with Gasteiger partial charge in [0, 0.05) is 38.3 Å². The number of rotatable bonds is 2. The number of anilines is 1. The van der Waals surface area contributed by atoms with E-state index in [2.05, 4.69) is 11.9 Å². The minimum Gasteiger partial charge on any atom is -0.339 e. The van der Waals surface area contributed by atoms with E-state index in [0.717, 1.165) is 43.9 Å². The molecule has 0 bridgehead atoms. The van der Waals surface area contributed by atoms with E-state index in [9.17, 15) is 9.59 Å². The molecule has 2 amide bonds. The minimum absolute atomic E-state index is 0.0492. The van der Waals surface area contributed by atoms with Gasteiger partial charge in [-0.05, 0) is 25.1 Å². The molecule has 1 aromatic carbocycles. The van der Waals surface area contributed by atoms with E-state index in [-0.39, 0.29) is 18.4 Å². The van der Waals surface area contributed by atoms with Gasteiger partial charge in [0.05, 0.1) is 0 Å². The summed E-state index contributed by atoms with van der Waals surface area (Å²) < 4.78 is 0. The fraction of sp³-hybridized carbons (Fsp3) is 0.500. The average Bonchev–Trinajstić information content (AvgIpc) is 2.51. The maximum absolute atomic E-state index is 12.4. The number of nitrogens with zero attached hydrogens (tertiary/aromatic N) is 3. The molecule has 0 radical (unpaired) electrons. The number of hydrogen-bond acceptors (Lipinski definition) is 3. The highest BCUT2D eigenvalue weighted by Gasteiger charge is 2.28. The summed E-state index contributed by atoms with van der Waals surface area (Å²) in [7, 11) is 2.06. The van der Waals surface area contributed by atoms with Crippen molar-refractivity contribution in [2.75, 3.05) is 44.7 Å². The van der Waals surface area contributed by atoms with Crippen molar-refractivity contribution in [3.63, 3.8) is 0 Å². The van der Waals surface area contributed by atoms with E-state index in [1.165, 1.54) is 0 Å². The van der Waals surface area contributed by atoms with Crippen LogP contribution in [0.15, 0.2) is 24.3 Å². The molecule has 1 saturated heterocycles. The largest absolute Gasteiger partial charge is 0.339 e. The average molecular weight is 287 g/mol. The predicted molar refractivity (Wildman–Crippen MR) is 81.2 cm³/mol. The van der Waals surface area contributed by atoms with Gasteiger partial charge in [-0.15, -0.1) is 0 Å². The molecule has 0 spiro atoms. The number of fused-ring (bicyclic) bond motifs is 1. The van der Waals surface area contributed by atoms with Crippen molar-refractivity contribution < 1.29 is 9.59 Å². The number of carbonyl (C=O) groups is 2. The Morgan fingerprint density at radius 3 is 2.57 bits per heavy atom. The molecule has 5 heteroatoms. The van der Waals surface area contributed by atoms with Crippen molar-refractivity contribution in [3.05, 3.63) is 29.8 Å². The normalized spacial score (nSPS) is 19.6. The first-order valence-electron chi connectivity index (χ1n) is 7.50. The van der Waals surface area contributed by atoms with Crippen molar-refractivity contribution in [1.29, 1.82) is 0 Å². The maximum Gasteiger partial charge on any atom is 0.242 e. The van der Waals surface area contributed by atoms with Gasteiger partial charge in [-0.3, -0.25) is 9.59 Å². The zero-order valence-electron chi connectivity index (χ0n) is 12.4. The van der Waals surface area contributed by atoms with E-state index in [1.54, 1.807) is 4.90 Å². The van der Waals surface area contributed by atoms with Gasteiger partial charge in [0.25, 0.3) is 0 Å². The van der Waals surface area contributed by atoms with Gasteiger partial charge in [-0.2, -0.15) is 0 Å². The maximum atomic E-state index is 12.4. The van der Waals surface area contributed by atoms with Crippen molar-refractivity contribution in [2.24, 2.45) is 0 Å². The molecule has 0 saturated carbocycles. The minimum atomic E-state index is 0.0492. The van der Waals surface area contributed by atoms with Gasteiger partial charge in [0.15, 0.2) is 0 Å². The Morgan fingerprint density at radius 1 is 1.10 bits per heavy atom. The molecule has 1 aromatic rings. The number of aryl methyl sites for hydroxylation is 1. The summed E-state index contributed by atoms with van der Waals surface area (Å²) in [5.74, 6) is 0.101. The van der Waals surface area contributed by atoms with E-state index in [1.807, 2.05) is 29.2 Å². The lowest BCUT2D eigenvalue weighted by atomic mass is 10.0. The molecule has 0 unspecified atom stereocenters. The molecule has 5 nitrogen and oxygen atoms in total. The fourth-order valence-electron chi connectivity index (χ4n) is 2.96. The third-order valence-corrected chi connectivity index (χ3v) is 4.34. The number of amides is 2. The third-order valence-electron chi connectivity index (χ3n) is 4.34. The molecule has 21 heavy (non-hydrogen) atoms. The Bertz CT molecular complexity index is 550. The van der Waals surface area contributed by atoms with E-state index < -0.39 is 0 Å². The van der Waals surface area contributed by atoms with Gasteiger partial charge in [0.2, 0.25) is 11.8 Å². The highest BCUT2D eigenvalue weighted by atomic mass is 16.2.